The van der Waals surface area contributed by atoms with E-state index >= 15 is 0 Å². The van der Waals surface area contributed by atoms with E-state index in [2.05, 4.69) is 55.0 Å². The number of rotatable bonds is 0. The first-order valence-electron chi connectivity index (χ1n) is 3.33. The van der Waals surface area contributed by atoms with E-state index in [0.29, 0.717) is 0 Å². The fourth-order valence-corrected chi connectivity index (χ4v) is 1.84. The second kappa shape index (κ2) is 2.57. The van der Waals surface area contributed by atoms with Crippen molar-refractivity contribution in [3.63, 3.8) is 0 Å². The van der Waals surface area contributed by atoms with Crippen LogP contribution in [0.5, 0.6) is 0 Å². The van der Waals surface area contributed by atoms with Crippen molar-refractivity contribution >= 4 is 22.6 Å². The van der Waals surface area contributed by atoms with Gasteiger partial charge in [-0.3, -0.25) is 0 Å². The van der Waals surface area contributed by atoms with Crippen LogP contribution in [0.4, 0.5) is 0 Å². The predicted octanol–water partition coefficient (Wildman–Crippen LogP) is 2.55. The van der Waals surface area contributed by atoms with Crippen LogP contribution >= 0.6 is 22.6 Å². The van der Waals surface area contributed by atoms with Crippen molar-refractivity contribution in [1.29, 1.82) is 0 Å². The van der Waals surface area contributed by atoms with Crippen LogP contribution in [-0.2, 0) is 7.05 Å². The van der Waals surface area contributed by atoms with E-state index in [1.54, 1.807) is 0 Å². The number of aromatic nitrogens is 1. The van der Waals surface area contributed by atoms with Gasteiger partial charge in [0.2, 0.25) is 0 Å². The average molecular weight is 249 g/mol. The molecule has 0 aromatic carbocycles. The van der Waals surface area contributed by atoms with Gasteiger partial charge in [-0.1, -0.05) is 0 Å². The third kappa shape index (κ3) is 0.983. The zero-order valence-corrected chi connectivity index (χ0v) is 8.98. The Morgan fingerprint density at radius 1 is 1.10 bits per heavy atom. The Bertz CT molecular complexity index is 180. The minimum Gasteiger partial charge on any atom is -0.343 e. The Labute approximate surface area is 75.6 Å². The Morgan fingerprint density at radius 3 is 1.70 bits per heavy atom. The molecule has 0 fully saturated rings. The number of hydrogen-bond acceptors (Lipinski definition) is 0. The second-order valence-corrected chi connectivity index (χ2v) is 3.71. The van der Waals surface area contributed by atoms with Crippen molar-refractivity contribution in [1.82, 2.24) is 4.57 Å². The third-order valence-corrected chi connectivity index (χ3v) is 3.74. The molecule has 0 spiro atoms. The molecule has 0 aliphatic carbocycles. The molecule has 2 heteroatoms. The lowest BCUT2D eigenvalue weighted by molar-refractivity contribution is 0.851. The van der Waals surface area contributed by atoms with Crippen molar-refractivity contribution in [2.45, 2.75) is 20.8 Å². The summed E-state index contributed by atoms with van der Waals surface area (Å²) >= 11 is 2.38. The van der Waals surface area contributed by atoms with Gasteiger partial charge in [-0.05, 0) is 54.5 Å². The van der Waals surface area contributed by atoms with Crippen molar-refractivity contribution < 1.29 is 0 Å². The number of halogens is 1. The van der Waals surface area contributed by atoms with Gasteiger partial charge in [0, 0.05) is 12.7 Å². The lowest BCUT2D eigenvalue weighted by Crippen LogP contribution is -1.92. The Morgan fingerprint density at radius 2 is 1.60 bits per heavy atom. The highest BCUT2D eigenvalue weighted by Crippen LogP contribution is 2.20. The summed E-state index contributed by atoms with van der Waals surface area (Å²) in [7, 11) is 2.11. The molecular weight excluding hydrogens is 237 g/mol. The summed E-state index contributed by atoms with van der Waals surface area (Å²) in [5.41, 5.74) is 4.22. The van der Waals surface area contributed by atoms with E-state index < -0.39 is 0 Å². The van der Waals surface area contributed by atoms with Gasteiger partial charge >= 0.3 is 0 Å². The lowest BCUT2D eigenvalue weighted by atomic mass is 10.2. The first-order valence-corrected chi connectivity index (χ1v) is 4.41. The van der Waals surface area contributed by atoms with Crippen LogP contribution in [0.2, 0.25) is 0 Å². The first-order chi connectivity index (χ1) is 4.55. The van der Waals surface area contributed by atoms with E-state index in [4.69, 9.17) is 0 Å². The molecular formula is C8H12IN. The smallest absolute Gasteiger partial charge is 0.0830 e. The Hall–Kier alpha value is 0.01000. The minimum absolute atomic E-state index is 1.35. The van der Waals surface area contributed by atoms with Gasteiger partial charge < -0.3 is 4.57 Å². The summed E-state index contributed by atoms with van der Waals surface area (Å²) in [6.07, 6.45) is 0. The molecule has 1 nitrogen and oxygen atoms in total. The summed E-state index contributed by atoms with van der Waals surface area (Å²) in [6, 6.07) is 0. The summed E-state index contributed by atoms with van der Waals surface area (Å²) in [4.78, 5) is 0. The largest absolute Gasteiger partial charge is 0.343 e. The molecule has 1 heterocycles. The van der Waals surface area contributed by atoms with Gasteiger partial charge in [0.1, 0.15) is 0 Å². The quantitative estimate of drug-likeness (QED) is 0.623. The van der Waals surface area contributed by atoms with Gasteiger partial charge in [-0.25, -0.2) is 0 Å². The van der Waals surface area contributed by atoms with E-state index in [0.717, 1.165) is 0 Å². The molecule has 0 aliphatic heterocycles. The van der Waals surface area contributed by atoms with Gasteiger partial charge in [0.25, 0.3) is 0 Å². The maximum atomic E-state index is 2.38. The van der Waals surface area contributed by atoms with Crippen molar-refractivity contribution in [2.75, 3.05) is 0 Å². The molecule has 0 saturated heterocycles. The van der Waals surface area contributed by atoms with Crippen LogP contribution in [0.25, 0.3) is 0 Å². The molecule has 56 valence electrons. The Kier molecular flexibility index (Phi) is 2.08. The van der Waals surface area contributed by atoms with Crippen LogP contribution in [0, 0.1) is 24.5 Å². The van der Waals surface area contributed by atoms with Crippen molar-refractivity contribution in [3.05, 3.63) is 20.5 Å². The molecule has 1 aromatic rings. The zero-order chi connectivity index (χ0) is 7.89. The van der Waals surface area contributed by atoms with Gasteiger partial charge in [0.05, 0.1) is 3.70 Å². The Balaban J connectivity index is 3.44. The summed E-state index contributed by atoms with van der Waals surface area (Å²) < 4.78 is 3.58. The fourth-order valence-electron chi connectivity index (χ4n) is 1.08. The molecule has 0 amide bonds. The maximum Gasteiger partial charge on any atom is 0.0830 e. The molecule has 0 atom stereocenters. The topological polar surface area (TPSA) is 4.93 Å². The van der Waals surface area contributed by atoms with E-state index in [9.17, 15) is 0 Å². The molecule has 1 aromatic heterocycles. The molecule has 0 bridgehead atoms. The molecule has 0 unspecified atom stereocenters. The van der Waals surface area contributed by atoms with E-state index in [-0.39, 0.29) is 0 Å². The van der Waals surface area contributed by atoms with Crippen LogP contribution in [0.1, 0.15) is 16.8 Å². The van der Waals surface area contributed by atoms with Crippen LogP contribution < -0.4 is 0 Å². The SMILES string of the molecule is Cc1c(C)c(I)n(C)c1C. The molecule has 1 rings (SSSR count). The maximum absolute atomic E-state index is 2.38. The number of nitrogens with zero attached hydrogens (tertiary/aromatic N) is 1. The lowest BCUT2D eigenvalue weighted by Gasteiger charge is -1.96. The monoisotopic (exact) mass is 249 g/mol. The molecule has 0 N–H and O–H groups in total. The third-order valence-electron chi connectivity index (χ3n) is 2.21. The van der Waals surface area contributed by atoms with Crippen LogP contribution in [0.3, 0.4) is 0 Å². The fraction of sp³-hybridized carbons (Fsp3) is 0.500. The van der Waals surface area contributed by atoms with Gasteiger partial charge in [-0.15, -0.1) is 0 Å². The average Bonchev–Trinajstić information content (AvgIpc) is 2.07. The zero-order valence-electron chi connectivity index (χ0n) is 6.83. The molecule has 10 heavy (non-hydrogen) atoms. The normalized spacial score (nSPS) is 10.5. The molecule has 0 aliphatic rings. The van der Waals surface area contributed by atoms with Gasteiger partial charge in [-0.2, -0.15) is 0 Å². The van der Waals surface area contributed by atoms with Crippen molar-refractivity contribution in [3.8, 4) is 0 Å². The molecule has 0 radical (unpaired) electrons. The second-order valence-electron chi connectivity index (χ2n) is 2.69. The highest BCUT2D eigenvalue weighted by atomic mass is 127. The van der Waals surface area contributed by atoms with E-state index in [1.807, 2.05) is 0 Å². The van der Waals surface area contributed by atoms with Crippen LogP contribution in [-0.4, -0.2) is 4.57 Å². The summed E-state index contributed by atoms with van der Waals surface area (Å²) in [6.45, 7) is 6.50. The predicted molar refractivity (Wildman–Crippen MR) is 52.3 cm³/mol. The van der Waals surface area contributed by atoms with Crippen molar-refractivity contribution in [2.24, 2.45) is 7.05 Å². The minimum atomic E-state index is 1.35. The number of hydrogen-bond donors (Lipinski definition) is 0. The van der Waals surface area contributed by atoms with Gasteiger partial charge in [0.15, 0.2) is 0 Å². The van der Waals surface area contributed by atoms with Crippen LogP contribution in [0.15, 0.2) is 0 Å². The van der Waals surface area contributed by atoms with E-state index in [1.165, 1.54) is 20.5 Å². The standard InChI is InChI=1S/C8H12IN/c1-5-6(2)8(9)10(4)7(5)3/h1-4H3. The highest BCUT2D eigenvalue weighted by Gasteiger charge is 2.07. The first kappa shape index (κ1) is 8.11. The molecule has 0 saturated carbocycles. The summed E-state index contributed by atoms with van der Waals surface area (Å²) in [5, 5.41) is 0. The summed E-state index contributed by atoms with van der Waals surface area (Å²) in [5.74, 6) is 0. The highest BCUT2D eigenvalue weighted by molar-refractivity contribution is 14.1.